The van der Waals surface area contributed by atoms with E-state index in [1.165, 1.54) is 0 Å². The molecule has 2 N–H and O–H groups in total. The highest BCUT2D eigenvalue weighted by Crippen LogP contribution is 2.29. The van der Waals surface area contributed by atoms with E-state index in [0.29, 0.717) is 38.2 Å². The summed E-state index contributed by atoms with van der Waals surface area (Å²) in [7, 11) is 0. The van der Waals surface area contributed by atoms with Crippen molar-refractivity contribution in [2.75, 3.05) is 19.6 Å². The van der Waals surface area contributed by atoms with Gasteiger partial charge in [0, 0.05) is 25.2 Å². The number of aromatic nitrogens is 1. The summed E-state index contributed by atoms with van der Waals surface area (Å²) in [5.74, 6) is -0.287. The van der Waals surface area contributed by atoms with E-state index in [1.807, 2.05) is 30.3 Å². The van der Waals surface area contributed by atoms with Crippen LogP contribution < -0.4 is 10.9 Å². The van der Waals surface area contributed by atoms with E-state index in [0.717, 1.165) is 12.0 Å². The van der Waals surface area contributed by atoms with Crippen LogP contribution in [0.2, 0.25) is 0 Å². The van der Waals surface area contributed by atoms with Crippen molar-refractivity contribution in [3.05, 3.63) is 58.4 Å². The van der Waals surface area contributed by atoms with Gasteiger partial charge in [-0.1, -0.05) is 30.3 Å². The van der Waals surface area contributed by atoms with Crippen molar-refractivity contribution < 1.29 is 14.3 Å². The summed E-state index contributed by atoms with van der Waals surface area (Å²) in [5, 5.41) is 2.69. The maximum Gasteiger partial charge on any atom is 0.407 e. The van der Waals surface area contributed by atoms with Gasteiger partial charge in [-0.05, 0) is 30.5 Å². The minimum Gasteiger partial charge on any atom is -0.441 e. The molecule has 4 rings (SSSR count). The zero-order chi connectivity index (χ0) is 18.9. The van der Waals surface area contributed by atoms with Crippen LogP contribution in [0.5, 0.6) is 0 Å². The van der Waals surface area contributed by atoms with Crippen LogP contribution in [-0.2, 0) is 4.74 Å². The van der Waals surface area contributed by atoms with Gasteiger partial charge in [0.05, 0.1) is 6.54 Å². The van der Waals surface area contributed by atoms with E-state index in [2.05, 4.69) is 10.3 Å². The van der Waals surface area contributed by atoms with Crippen LogP contribution in [-0.4, -0.2) is 47.1 Å². The fraction of sp³-hybridized carbons (Fsp3) is 0.350. The number of carbonyl (C=O) groups excluding carboxylic acids is 2. The molecule has 2 amide bonds. The molecule has 1 aromatic heterocycles. The Morgan fingerprint density at radius 1 is 1.04 bits per heavy atom. The number of aromatic amines is 1. The number of likely N-dealkylation sites (tertiary alicyclic amines) is 1. The zero-order valence-corrected chi connectivity index (χ0v) is 14.9. The highest BCUT2D eigenvalue weighted by Gasteiger charge is 2.42. The molecule has 0 bridgehead atoms. The lowest BCUT2D eigenvalue weighted by Gasteiger charge is -2.24. The highest BCUT2D eigenvalue weighted by molar-refractivity contribution is 5.94. The summed E-state index contributed by atoms with van der Waals surface area (Å²) in [5.41, 5.74) is 0.772. The van der Waals surface area contributed by atoms with Gasteiger partial charge >= 0.3 is 6.09 Å². The van der Waals surface area contributed by atoms with Crippen LogP contribution in [0.4, 0.5) is 4.79 Å². The van der Waals surface area contributed by atoms with Crippen molar-refractivity contribution in [2.45, 2.75) is 24.9 Å². The second-order valence-electron chi connectivity index (χ2n) is 7.05. The van der Waals surface area contributed by atoms with Crippen LogP contribution in [0, 0.1) is 0 Å². The smallest absolute Gasteiger partial charge is 0.407 e. The van der Waals surface area contributed by atoms with E-state index in [9.17, 15) is 14.4 Å². The molecule has 7 nitrogen and oxygen atoms in total. The quantitative estimate of drug-likeness (QED) is 0.851. The molecule has 1 atom stereocenters. The van der Waals surface area contributed by atoms with Crippen molar-refractivity contribution in [1.82, 2.24) is 15.2 Å². The van der Waals surface area contributed by atoms with Gasteiger partial charge in [0.1, 0.15) is 11.2 Å². The Bertz CT molecular complexity index is 924. The van der Waals surface area contributed by atoms with Crippen molar-refractivity contribution in [3.8, 4) is 11.3 Å². The number of alkyl carbamates (subject to hydrolysis) is 1. The van der Waals surface area contributed by atoms with Crippen LogP contribution in [0.1, 0.15) is 29.6 Å². The maximum absolute atomic E-state index is 12.9. The standard InChI is InChI=1S/C20H21N3O4/c24-17-15(7-8-16(22-17)14-5-2-1-3-6-14)18(25)23-11-4-9-20(10-12-23)13-21-19(26)27-20/h1-3,5-8H,4,9-13H2,(H,21,26)(H,22,24)/t20-/m0/s1. The van der Waals surface area contributed by atoms with Gasteiger partial charge in [0.25, 0.3) is 11.5 Å². The predicted octanol–water partition coefficient (Wildman–Crippen LogP) is 2.15. The highest BCUT2D eigenvalue weighted by atomic mass is 16.6. The molecule has 1 aromatic carbocycles. The molecular weight excluding hydrogens is 346 g/mol. The van der Waals surface area contributed by atoms with Gasteiger partial charge in [0.15, 0.2) is 0 Å². The molecule has 0 radical (unpaired) electrons. The topological polar surface area (TPSA) is 91.5 Å². The molecule has 2 aliphatic heterocycles. The Balaban J connectivity index is 1.51. The SMILES string of the molecule is O=C1NC[C@@]2(CCCN(C(=O)c3ccc(-c4ccccc4)[nH]c3=O)CC2)O1. The summed E-state index contributed by atoms with van der Waals surface area (Å²) in [6, 6.07) is 12.8. The van der Waals surface area contributed by atoms with Crippen molar-refractivity contribution in [1.29, 1.82) is 0 Å². The van der Waals surface area contributed by atoms with Crippen molar-refractivity contribution >= 4 is 12.0 Å². The second-order valence-corrected chi connectivity index (χ2v) is 7.05. The summed E-state index contributed by atoms with van der Waals surface area (Å²) in [6.07, 6.45) is 1.60. The Hall–Kier alpha value is -3.09. The van der Waals surface area contributed by atoms with E-state index < -0.39 is 17.3 Å². The monoisotopic (exact) mass is 367 g/mol. The van der Waals surface area contributed by atoms with Crippen molar-refractivity contribution in [2.24, 2.45) is 0 Å². The number of hydrogen-bond acceptors (Lipinski definition) is 4. The molecule has 2 aliphatic rings. The molecule has 0 aliphatic carbocycles. The minimum atomic E-state index is -0.532. The number of H-pyrrole nitrogens is 1. The third-order valence-corrected chi connectivity index (χ3v) is 5.27. The summed E-state index contributed by atoms with van der Waals surface area (Å²) >= 11 is 0. The number of hydrogen-bond donors (Lipinski definition) is 2. The van der Waals surface area contributed by atoms with Gasteiger partial charge in [-0.2, -0.15) is 0 Å². The molecule has 140 valence electrons. The first kappa shape index (κ1) is 17.3. The lowest BCUT2D eigenvalue weighted by molar-refractivity contribution is 0.0438. The van der Waals surface area contributed by atoms with Gasteiger partial charge < -0.3 is 19.9 Å². The van der Waals surface area contributed by atoms with Crippen molar-refractivity contribution in [3.63, 3.8) is 0 Å². The average molecular weight is 367 g/mol. The fourth-order valence-corrected chi connectivity index (χ4v) is 3.75. The number of carbonyl (C=O) groups is 2. The molecular formula is C20H21N3O4. The fourth-order valence-electron chi connectivity index (χ4n) is 3.75. The Morgan fingerprint density at radius 2 is 1.85 bits per heavy atom. The molecule has 7 heteroatoms. The minimum absolute atomic E-state index is 0.132. The number of ether oxygens (including phenoxy) is 1. The first-order valence-electron chi connectivity index (χ1n) is 9.11. The van der Waals surface area contributed by atoms with E-state index in [1.54, 1.807) is 17.0 Å². The van der Waals surface area contributed by atoms with Crippen LogP contribution >= 0.6 is 0 Å². The number of pyridine rings is 1. The first-order chi connectivity index (χ1) is 13.1. The third kappa shape index (κ3) is 3.45. The summed E-state index contributed by atoms with van der Waals surface area (Å²) < 4.78 is 5.44. The third-order valence-electron chi connectivity index (χ3n) is 5.27. The van der Waals surface area contributed by atoms with E-state index in [-0.39, 0.29) is 11.5 Å². The Labute approximate surface area is 156 Å². The van der Waals surface area contributed by atoms with Gasteiger partial charge in [-0.15, -0.1) is 0 Å². The van der Waals surface area contributed by atoms with Gasteiger partial charge in [-0.25, -0.2) is 4.79 Å². The summed E-state index contributed by atoms with van der Waals surface area (Å²) in [4.78, 5) is 41.2. The second kappa shape index (κ2) is 6.90. The number of benzene rings is 1. The Kier molecular flexibility index (Phi) is 4.43. The Morgan fingerprint density at radius 3 is 2.56 bits per heavy atom. The number of rotatable bonds is 2. The predicted molar refractivity (Wildman–Crippen MR) is 99.5 cm³/mol. The number of nitrogens with one attached hydrogen (secondary N) is 2. The van der Waals surface area contributed by atoms with Gasteiger partial charge in [-0.3, -0.25) is 9.59 Å². The summed E-state index contributed by atoms with van der Waals surface area (Å²) in [6.45, 7) is 1.46. The molecule has 0 unspecified atom stereocenters. The van der Waals surface area contributed by atoms with Gasteiger partial charge in [0.2, 0.25) is 0 Å². The molecule has 1 spiro atoms. The molecule has 3 heterocycles. The normalized spacial score (nSPS) is 22.2. The molecule has 2 aromatic rings. The zero-order valence-electron chi connectivity index (χ0n) is 14.9. The van der Waals surface area contributed by atoms with Crippen LogP contribution in [0.15, 0.2) is 47.3 Å². The average Bonchev–Trinajstić information content (AvgIpc) is 2.92. The molecule has 0 saturated carbocycles. The maximum atomic E-state index is 12.9. The number of nitrogens with zero attached hydrogens (tertiary/aromatic N) is 1. The van der Waals surface area contributed by atoms with Crippen LogP contribution in [0.3, 0.4) is 0 Å². The van der Waals surface area contributed by atoms with Crippen LogP contribution in [0.25, 0.3) is 11.3 Å². The largest absolute Gasteiger partial charge is 0.441 e. The van der Waals surface area contributed by atoms with E-state index in [4.69, 9.17) is 4.74 Å². The van der Waals surface area contributed by atoms with E-state index >= 15 is 0 Å². The first-order valence-corrected chi connectivity index (χ1v) is 9.11. The molecule has 2 fully saturated rings. The lowest BCUT2D eigenvalue weighted by atomic mass is 9.95. The molecule has 27 heavy (non-hydrogen) atoms. The lowest BCUT2D eigenvalue weighted by Crippen LogP contribution is -2.38. The molecule has 2 saturated heterocycles. The number of amides is 2.